The van der Waals surface area contributed by atoms with Crippen LogP contribution in [0.3, 0.4) is 0 Å². The number of carbonyl (C=O) groups excluding carboxylic acids is 1. The van der Waals surface area contributed by atoms with E-state index in [1.54, 1.807) is 13.3 Å². The summed E-state index contributed by atoms with van der Waals surface area (Å²) in [5, 5.41) is 8.43. The molecule has 12 heteroatoms. The third-order valence-corrected chi connectivity index (χ3v) is 9.20. The second-order valence-electron chi connectivity index (χ2n) is 10.9. The fourth-order valence-electron chi connectivity index (χ4n) is 5.94. The lowest BCUT2D eigenvalue weighted by molar-refractivity contribution is 0.100. The molecule has 0 radical (unpaired) electrons. The van der Waals surface area contributed by atoms with Crippen LogP contribution in [0.2, 0.25) is 0 Å². The number of nitrogens with two attached hydrogens (primary N) is 1. The molecule has 0 unspecified atom stereocenters. The zero-order valence-electron chi connectivity index (χ0n) is 23.7. The average molecular weight is 576 g/mol. The Bertz CT molecular complexity index is 1480. The van der Waals surface area contributed by atoms with E-state index < -0.39 is 5.91 Å². The minimum atomic E-state index is -0.483. The summed E-state index contributed by atoms with van der Waals surface area (Å²) in [6.45, 7) is 4.45. The van der Waals surface area contributed by atoms with E-state index in [9.17, 15) is 4.79 Å². The van der Waals surface area contributed by atoms with E-state index in [-0.39, 0.29) is 0 Å². The lowest BCUT2D eigenvalue weighted by Crippen LogP contribution is -2.45. The molecule has 2 aromatic rings. The number of nitrogens with one attached hydrogen (secondary N) is 3. The number of likely N-dealkylation sites (N-methyl/N-ethyl adjacent to an activating group) is 1. The number of ether oxygens (including phenoxy) is 1. The number of benzene rings is 1. The fraction of sp³-hybridized carbons (Fsp3) is 0.414. The Kier molecular flexibility index (Phi) is 7.69. The van der Waals surface area contributed by atoms with E-state index >= 15 is 0 Å². The van der Waals surface area contributed by atoms with Gasteiger partial charge in [0.15, 0.2) is 0 Å². The molecule has 4 aliphatic rings. The molecule has 0 spiro atoms. The highest BCUT2D eigenvalue weighted by molar-refractivity contribution is 7.12. The molecular formula is C29H37N9O2S. The second kappa shape index (κ2) is 11.6. The Labute approximate surface area is 244 Å². The summed E-state index contributed by atoms with van der Waals surface area (Å²) >= 11 is 1.29. The number of piperidine rings is 1. The van der Waals surface area contributed by atoms with Crippen LogP contribution >= 0.6 is 11.3 Å². The molecule has 1 aromatic carbocycles. The number of primary amides is 1. The van der Waals surface area contributed by atoms with Crippen molar-refractivity contribution in [1.82, 2.24) is 24.8 Å². The number of likely N-dealkylation sites (tertiary alicyclic amines) is 1. The summed E-state index contributed by atoms with van der Waals surface area (Å²) in [6.07, 6.45) is 5.32. The van der Waals surface area contributed by atoms with Gasteiger partial charge >= 0.3 is 0 Å². The minimum Gasteiger partial charge on any atom is -0.494 e. The highest BCUT2D eigenvalue weighted by Crippen LogP contribution is 2.36. The molecule has 0 bridgehead atoms. The van der Waals surface area contributed by atoms with Gasteiger partial charge < -0.3 is 35.9 Å². The quantitative estimate of drug-likeness (QED) is 0.233. The highest BCUT2D eigenvalue weighted by Gasteiger charge is 2.31. The molecule has 1 atom stereocenters. The Morgan fingerprint density at radius 2 is 1.95 bits per heavy atom. The van der Waals surface area contributed by atoms with E-state index in [2.05, 4.69) is 61.5 Å². The number of hydrogen-bond donors (Lipinski definition) is 4. The van der Waals surface area contributed by atoms with E-state index in [1.165, 1.54) is 43.7 Å². The third-order valence-electron chi connectivity index (χ3n) is 8.27. The van der Waals surface area contributed by atoms with Gasteiger partial charge in [-0.25, -0.2) is 4.98 Å². The molecule has 41 heavy (non-hydrogen) atoms. The number of fused-ring (bicyclic) bond motifs is 1. The summed E-state index contributed by atoms with van der Waals surface area (Å²) in [4.78, 5) is 32.2. The zero-order chi connectivity index (χ0) is 28.5. The number of carbonyl (C=O) groups is 1. The van der Waals surface area contributed by atoms with Crippen LogP contribution in [0.1, 0.15) is 28.9 Å². The van der Waals surface area contributed by atoms with Gasteiger partial charge in [0.25, 0.3) is 5.91 Å². The smallest absolute Gasteiger partial charge is 0.260 e. The van der Waals surface area contributed by atoms with Crippen molar-refractivity contribution in [3.63, 3.8) is 0 Å². The molecule has 2 saturated heterocycles. The number of anilines is 5. The van der Waals surface area contributed by atoms with Gasteiger partial charge in [0.1, 0.15) is 22.3 Å². The predicted molar refractivity (Wildman–Crippen MR) is 164 cm³/mol. The summed E-state index contributed by atoms with van der Waals surface area (Å²) in [7, 11) is 6.06. The average Bonchev–Trinajstić information content (AvgIpc) is 3.74. The molecule has 5 heterocycles. The first-order valence-corrected chi connectivity index (χ1v) is 14.9. The van der Waals surface area contributed by atoms with Gasteiger partial charge in [-0.3, -0.25) is 9.69 Å². The summed E-state index contributed by atoms with van der Waals surface area (Å²) in [6, 6.07) is 11.3. The number of nitrogens with zero attached hydrogens (tertiary/aromatic N) is 5. The Morgan fingerprint density at radius 3 is 2.68 bits per heavy atom. The van der Waals surface area contributed by atoms with E-state index in [0.29, 0.717) is 40.2 Å². The molecule has 1 aromatic heterocycles. The zero-order valence-corrected chi connectivity index (χ0v) is 24.5. The monoisotopic (exact) mass is 575 g/mol. The number of aromatic nitrogens is 3. The summed E-state index contributed by atoms with van der Waals surface area (Å²) in [5.41, 5.74) is 8.90. The fourth-order valence-corrected chi connectivity index (χ4v) is 6.64. The second-order valence-corrected chi connectivity index (χ2v) is 11.8. The van der Waals surface area contributed by atoms with E-state index in [4.69, 9.17) is 15.5 Å². The van der Waals surface area contributed by atoms with E-state index in [0.717, 1.165) is 35.8 Å². The van der Waals surface area contributed by atoms with Gasteiger partial charge in [-0.2, -0.15) is 4.98 Å². The van der Waals surface area contributed by atoms with Crippen molar-refractivity contribution in [3.05, 3.63) is 46.8 Å². The number of amides is 1. The maximum Gasteiger partial charge on any atom is 0.260 e. The normalized spacial score (nSPS) is 18.3. The van der Waals surface area contributed by atoms with Crippen LogP contribution in [0, 0.1) is 0 Å². The standard InChI is InChI=1S/C29H37N9O2S/c1-36(2)20-9-14-38(17-20)18-7-12-37(13-8-18)19-4-5-22(24(16-19)40-3)33-29-34-27-21(6-11-31-27)28(35-29)32-23-10-15-41-25(23)26(30)39/h4-6,10-11,15-16,18,20H,7-9,12-14,17H2,1-3H3,(H2,30,39)(H3,31,32,33,34,35)/t20-/m1/s1. The number of rotatable bonds is 9. The molecule has 1 amide bonds. The first-order chi connectivity index (χ1) is 19.9. The Balaban J connectivity index is 1.16. The topological polar surface area (TPSA) is 128 Å². The van der Waals surface area contributed by atoms with Crippen molar-refractivity contribution < 1.29 is 9.53 Å². The van der Waals surface area contributed by atoms with Gasteiger partial charge in [0.05, 0.1) is 24.0 Å². The summed E-state index contributed by atoms with van der Waals surface area (Å²) < 4.78 is 5.79. The van der Waals surface area contributed by atoms with Gasteiger partial charge in [-0.05, 0) is 63.0 Å². The lowest BCUT2D eigenvalue weighted by atomic mass is 10.0. The van der Waals surface area contributed by atoms with Crippen molar-refractivity contribution in [2.24, 2.45) is 5.73 Å². The van der Waals surface area contributed by atoms with Crippen molar-refractivity contribution in [1.29, 1.82) is 0 Å². The minimum absolute atomic E-state index is 0.446. The van der Waals surface area contributed by atoms with Crippen molar-refractivity contribution in [2.45, 2.75) is 31.3 Å². The maximum atomic E-state index is 11.8. The number of hydrogen-bond acceptors (Lipinski definition) is 10. The highest BCUT2D eigenvalue weighted by atomic mass is 32.1. The Hall–Kier alpha value is -3.87. The van der Waals surface area contributed by atoms with Crippen LogP contribution in [-0.2, 0) is 0 Å². The predicted octanol–water partition coefficient (Wildman–Crippen LogP) is 4.17. The van der Waals surface area contributed by atoms with Crippen LogP contribution in [-0.4, -0.2) is 90.1 Å². The van der Waals surface area contributed by atoms with Gasteiger partial charge in [0, 0.05) is 56.2 Å². The lowest BCUT2D eigenvalue weighted by Gasteiger charge is -2.38. The van der Waals surface area contributed by atoms with Gasteiger partial charge in [0.2, 0.25) is 5.95 Å². The molecule has 2 fully saturated rings. The first-order valence-electron chi connectivity index (χ1n) is 14.0. The molecule has 0 saturated carbocycles. The maximum absolute atomic E-state index is 11.8. The summed E-state index contributed by atoms with van der Waals surface area (Å²) in [5.74, 6) is 1.96. The molecule has 4 aliphatic heterocycles. The van der Waals surface area contributed by atoms with Crippen molar-refractivity contribution in [2.75, 3.05) is 62.9 Å². The Morgan fingerprint density at radius 1 is 1.12 bits per heavy atom. The van der Waals surface area contributed by atoms with E-state index in [1.807, 2.05) is 23.6 Å². The first kappa shape index (κ1) is 27.3. The largest absolute Gasteiger partial charge is 0.494 e. The molecule has 11 nitrogen and oxygen atoms in total. The third kappa shape index (κ3) is 5.67. The molecule has 5 N–H and O–H groups in total. The van der Waals surface area contributed by atoms with Crippen LogP contribution in [0.15, 0.2) is 41.9 Å². The molecule has 0 aliphatic carbocycles. The van der Waals surface area contributed by atoms with Gasteiger partial charge in [-0.1, -0.05) is 0 Å². The number of H-pyrrole nitrogens is 1. The molecule has 216 valence electrons. The van der Waals surface area contributed by atoms with Crippen LogP contribution < -0.4 is 26.0 Å². The van der Waals surface area contributed by atoms with Crippen molar-refractivity contribution in [3.8, 4) is 17.1 Å². The van der Waals surface area contributed by atoms with Crippen LogP contribution in [0.5, 0.6) is 5.75 Å². The van der Waals surface area contributed by atoms with Crippen molar-refractivity contribution >= 4 is 46.1 Å². The molecular weight excluding hydrogens is 538 g/mol. The molecule has 6 rings (SSSR count). The SMILES string of the molecule is COc1cc(N2CCC(N3CC[C@@H](N(C)C)C3)CC2)ccc1Nc1nc(Nc2ccsc2C(N)=O)c2ccnc-2[nH]1. The number of aromatic amines is 1. The van der Waals surface area contributed by atoms with Gasteiger partial charge in [-0.15, -0.1) is 11.3 Å². The van der Waals surface area contributed by atoms with Crippen LogP contribution in [0.4, 0.5) is 28.8 Å². The van der Waals surface area contributed by atoms with Crippen LogP contribution in [0.25, 0.3) is 11.4 Å². The number of thiophene rings is 1. The number of methoxy groups -OCH3 is 1.